The molecule has 0 amide bonds. The van der Waals surface area contributed by atoms with Gasteiger partial charge in [0, 0.05) is 30.8 Å². The highest BCUT2D eigenvalue weighted by atomic mass is 79.9. The molecule has 5 heteroatoms. The molecule has 2 nitrogen and oxygen atoms in total. The summed E-state index contributed by atoms with van der Waals surface area (Å²) in [6, 6.07) is 4.00. The first-order valence-corrected chi connectivity index (χ1v) is 7.76. The van der Waals surface area contributed by atoms with Crippen LogP contribution in [0.4, 0.5) is 5.82 Å². The summed E-state index contributed by atoms with van der Waals surface area (Å²) >= 11 is 3.54. The Morgan fingerprint density at radius 3 is 2.64 bits per heavy atom. The maximum absolute atomic E-state index is 4.40. The maximum atomic E-state index is 4.40. The molecule has 0 bridgehead atoms. The lowest BCUT2D eigenvalue weighted by Crippen LogP contribution is -2.27. The van der Waals surface area contributed by atoms with Crippen molar-refractivity contribution in [1.82, 2.24) is 4.98 Å². The average molecular weight is 291 g/mol. The van der Waals surface area contributed by atoms with Gasteiger partial charge in [0.15, 0.2) is 0 Å². The number of halogens is 1. The molecule has 76 valence electrons. The number of nitrogens with zero attached hydrogens (tertiary/aromatic N) is 2. The second-order valence-electron chi connectivity index (χ2n) is 2.94. The van der Waals surface area contributed by atoms with Crippen molar-refractivity contribution in [3.8, 4) is 0 Å². The summed E-state index contributed by atoms with van der Waals surface area (Å²) in [4.78, 5) is 6.75. The van der Waals surface area contributed by atoms with E-state index < -0.39 is 0 Å². The number of pyridine rings is 1. The highest BCUT2D eigenvalue weighted by Gasteiger charge is 2.13. The molecule has 0 atom stereocenters. The average Bonchev–Trinajstić information content (AvgIpc) is 2.47. The van der Waals surface area contributed by atoms with Crippen LogP contribution < -0.4 is 4.90 Å². The fourth-order valence-electron chi connectivity index (χ4n) is 1.35. The molecule has 0 saturated carbocycles. The van der Waals surface area contributed by atoms with E-state index in [4.69, 9.17) is 0 Å². The standard InChI is InChI=1S/C9H11BrN2S2/c10-8-2-1-3-11-9(8)12-4-6-13-14-7-5-12/h1-3H,4-7H2. The highest BCUT2D eigenvalue weighted by molar-refractivity contribution is 9.10. The van der Waals surface area contributed by atoms with Crippen molar-refractivity contribution in [3.05, 3.63) is 22.8 Å². The van der Waals surface area contributed by atoms with E-state index in [-0.39, 0.29) is 0 Å². The molecule has 0 unspecified atom stereocenters. The molecule has 1 aliphatic rings. The lowest BCUT2D eigenvalue weighted by atomic mass is 10.4. The number of rotatable bonds is 1. The topological polar surface area (TPSA) is 16.1 Å². The normalized spacial score (nSPS) is 17.9. The smallest absolute Gasteiger partial charge is 0.142 e. The fraction of sp³-hybridized carbons (Fsp3) is 0.444. The number of aromatic nitrogens is 1. The van der Waals surface area contributed by atoms with E-state index in [0.29, 0.717) is 0 Å². The van der Waals surface area contributed by atoms with Crippen LogP contribution in [0.5, 0.6) is 0 Å². The Morgan fingerprint density at radius 2 is 2.00 bits per heavy atom. The molecule has 1 aromatic heterocycles. The van der Waals surface area contributed by atoms with E-state index in [1.165, 1.54) is 11.5 Å². The summed E-state index contributed by atoms with van der Waals surface area (Å²) < 4.78 is 1.09. The zero-order valence-corrected chi connectivity index (χ0v) is 10.9. The lowest BCUT2D eigenvalue weighted by Gasteiger charge is -2.21. The van der Waals surface area contributed by atoms with Gasteiger partial charge in [-0.3, -0.25) is 0 Å². The number of anilines is 1. The van der Waals surface area contributed by atoms with Crippen LogP contribution in [0.3, 0.4) is 0 Å². The van der Waals surface area contributed by atoms with E-state index in [1.807, 2.05) is 39.9 Å². The van der Waals surface area contributed by atoms with Gasteiger partial charge < -0.3 is 4.90 Å². The maximum Gasteiger partial charge on any atom is 0.142 e. The molecule has 0 spiro atoms. The van der Waals surface area contributed by atoms with Crippen molar-refractivity contribution in [2.75, 3.05) is 29.5 Å². The molecule has 0 N–H and O–H groups in total. The third-order valence-corrected chi connectivity index (χ3v) is 5.00. The van der Waals surface area contributed by atoms with Crippen LogP contribution in [0, 0.1) is 0 Å². The summed E-state index contributed by atoms with van der Waals surface area (Å²) in [6.45, 7) is 2.18. The lowest BCUT2D eigenvalue weighted by molar-refractivity contribution is 0.859. The molecular formula is C9H11BrN2S2. The summed E-state index contributed by atoms with van der Waals surface area (Å²) in [5.41, 5.74) is 0. The SMILES string of the molecule is Brc1cccnc1N1CCSSCC1. The van der Waals surface area contributed by atoms with Gasteiger partial charge in [0.05, 0.1) is 4.47 Å². The zero-order chi connectivity index (χ0) is 9.80. The van der Waals surface area contributed by atoms with E-state index >= 15 is 0 Å². The molecule has 1 fully saturated rings. The quantitative estimate of drug-likeness (QED) is 0.739. The first-order valence-electron chi connectivity index (χ1n) is 4.48. The predicted molar refractivity (Wildman–Crippen MR) is 69.1 cm³/mol. The Bertz CT molecular complexity index is 301. The third-order valence-electron chi connectivity index (χ3n) is 2.01. The van der Waals surface area contributed by atoms with E-state index in [9.17, 15) is 0 Å². The molecule has 1 aromatic rings. The first kappa shape index (κ1) is 10.6. The van der Waals surface area contributed by atoms with Crippen molar-refractivity contribution in [2.45, 2.75) is 0 Å². The van der Waals surface area contributed by atoms with Gasteiger partial charge in [0.2, 0.25) is 0 Å². The minimum Gasteiger partial charge on any atom is -0.354 e. The van der Waals surface area contributed by atoms with Crippen LogP contribution >= 0.6 is 37.5 Å². The van der Waals surface area contributed by atoms with Crippen molar-refractivity contribution >= 4 is 43.3 Å². The van der Waals surface area contributed by atoms with Crippen molar-refractivity contribution in [2.24, 2.45) is 0 Å². The van der Waals surface area contributed by atoms with E-state index in [1.54, 1.807) is 0 Å². The Kier molecular flexibility index (Phi) is 4.01. The Labute approximate surface area is 100 Å². The molecule has 0 aromatic carbocycles. The van der Waals surface area contributed by atoms with Crippen molar-refractivity contribution in [3.63, 3.8) is 0 Å². The summed E-state index contributed by atoms with van der Waals surface area (Å²) in [6.07, 6.45) is 1.85. The Hall–Kier alpha value is 0.130. The largest absolute Gasteiger partial charge is 0.354 e. The minimum atomic E-state index is 1.08. The third kappa shape index (κ3) is 2.58. The minimum absolute atomic E-state index is 1.08. The monoisotopic (exact) mass is 290 g/mol. The molecular weight excluding hydrogens is 280 g/mol. The molecule has 14 heavy (non-hydrogen) atoms. The van der Waals surface area contributed by atoms with E-state index in [2.05, 4.69) is 25.8 Å². The first-order chi connectivity index (χ1) is 6.88. The van der Waals surface area contributed by atoms with Gasteiger partial charge in [-0.05, 0) is 28.1 Å². The molecule has 2 rings (SSSR count). The van der Waals surface area contributed by atoms with Gasteiger partial charge in [-0.15, -0.1) is 0 Å². The summed E-state index contributed by atoms with van der Waals surface area (Å²) in [5.74, 6) is 3.43. The van der Waals surface area contributed by atoms with Crippen LogP contribution in [0.2, 0.25) is 0 Å². The van der Waals surface area contributed by atoms with Crippen LogP contribution in [0.1, 0.15) is 0 Å². The van der Waals surface area contributed by atoms with E-state index in [0.717, 1.165) is 23.4 Å². The zero-order valence-electron chi connectivity index (χ0n) is 7.65. The van der Waals surface area contributed by atoms with Gasteiger partial charge >= 0.3 is 0 Å². The second kappa shape index (κ2) is 5.28. The number of hydrogen-bond donors (Lipinski definition) is 0. The summed E-state index contributed by atoms with van der Waals surface area (Å²) in [5, 5.41) is 0. The second-order valence-corrected chi connectivity index (χ2v) is 6.50. The summed E-state index contributed by atoms with van der Waals surface area (Å²) in [7, 11) is 3.90. The molecule has 0 aliphatic carbocycles. The van der Waals surface area contributed by atoms with Gasteiger partial charge in [0.1, 0.15) is 5.82 Å². The Morgan fingerprint density at radius 1 is 1.29 bits per heavy atom. The molecule has 2 heterocycles. The van der Waals surface area contributed by atoms with Gasteiger partial charge in [-0.25, -0.2) is 4.98 Å². The molecule has 1 aliphatic heterocycles. The van der Waals surface area contributed by atoms with Gasteiger partial charge in [-0.2, -0.15) is 0 Å². The van der Waals surface area contributed by atoms with Crippen molar-refractivity contribution < 1.29 is 0 Å². The highest BCUT2D eigenvalue weighted by Crippen LogP contribution is 2.29. The van der Waals surface area contributed by atoms with Crippen LogP contribution in [-0.4, -0.2) is 29.6 Å². The fourth-order valence-corrected chi connectivity index (χ4v) is 3.83. The predicted octanol–water partition coefficient (Wildman–Crippen LogP) is 3.05. The van der Waals surface area contributed by atoms with Gasteiger partial charge in [-0.1, -0.05) is 21.6 Å². The number of hydrogen-bond acceptors (Lipinski definition) is 4. The molecule has 0 radical (unpaired) electrons. The van der Waals surface area contributed by atoms with Crippen LogP contribution in [0.15, 0.2) is 22.8 Å². The molecule has 1 saturated heterocycles. The Balaban J connectivity index is 2.16. The van der Waals surface area contributed by atoms with Gasteiger partial charge in [0.25, 0.3) is 0 Å². The van der Waals surface area contributed by atoms with Crippen LogP contribution in [-0.2, 0) is 0 Å². The van der Waals surface area contributed by atoms with Crippen molar-refractivity contribution in [1.29, 1.82) is 0 Å². The van der Waals surface area contributed by atoms with Crippen LogP contribution in [0.25, 0.3) is 0 Å².